The van der Waals surface area contributed by atoms with Gasteiger partial charge in [0, 0.05) is 13.6 Å². The lowest BCUT2D eigenvalue weighted by Crippen LogP contribution is -2.44. The predicted molar refractivity (Wildman–Crippen MR) is 124 cm³/mol. The third kappa shape index (κ3) is 3.75. The molecule has 3 aromatic rings. The van der Waals surface area contributed by atoms with Crippen molar-refractivity contribution < 1.29 is 22.7 Å². The van der Waals surface area contributed by atoms with Crippen LogP contribution < -0.4 is 9.47 Å². The van der Waals surface area contributed by atoms with Crippen molar-refractivity contribution in [3.8, 4) is 22.6 Å². The highest BCUT2D eigenvalue weighted by Crippen LogP contribution is 2.36. The van der Waals surface area contributed by atoms with Gasteiger partial charge in [-0.05, 0) is 47.5 Å². The van der Waals surface area contributed by atoms with E-state index in [2.05, 4.69) is 0 Å². The summed E-state index contributed by atoms with van der Waals surface area (Å²) in [7, 11) is -0.369. The third-order valence-corrected chi connectivity index (χ3v) is 8.14. The second-order valence-corrected chi connectivity index (χ2v) is 10.2. The predicted octanol–water partition coefficient (Wildman–Crippen LogP) is 3.27. The van der Waals surface area contributed by atoms with Gasteiger partial charge in [-0.1, -0.05) is 36.4 Å². The lowest BCUT2D eigenvalue weighted by Gasteiger charge is -2.25. The van der Waals surface area contributed by atoms with E-state index in [1.807, 2.05) is 36.4 Å². The van der Waals surface area contributed by atoms with E-state index in [0.717, 1.165) is 16.9 Å². The molecular formula is C25H24N2O5S. The normalized spacial score (nSPS) is 20.5. The molecule has 0 N–H and O–H groups in total. The zero-order valence-electron chi connectivity index (χ0n) is 18.3. The molecule has 2 aliphatic heterocycles. The molecule has 2 atom stereocenters. The molecular weight excluding hydrogens is 440 g/mol. The molecule has 3 aromatic carbocycles. The molecule has 0 bridgehead atoms. The zero-order valence-corrected chi connectivity index (χ0v) is 19.2. The first-order valence-corrected chi connectivity index (χ1v) is 12.1. The minimum absolute atomic E-state index is 0.169. The summed E-state index contributed by atoms with van der Waals surface area (Å²) in [5.41, 5.74) is 2.28. The Morgan fingerprint density at radius 3 is 2.45 bits per heavy atom. The second-order valence-electron chi connectivity index (χ2n) is 8.22. The van der Waals surface area contributed by atoms with E-state index in [4.69, 9.17) is 9.47 Å². The van der Waals surface area contributed by atoms with Crippen LogP contribution in [-0.4, -0.2) is 62.9 Å². The van der Waals surface area contributed by atoms with E-state index >= 15 is 0 Å². The molecule has 2 aliphatic rings. The molecule has 0 saturated carbocycles. The molecule has 1 fully saturated rings. The van der Waals surface area contributed by atoms with Gasteiger partial charge in [0.1, 0.15) is 17.6 Å². The van der Waals surface area contributed by atoms with Gasteiger partial charge < -0.3 is 14.4 Å². The van der Waals surface area contributed by atoms with E-state index in [1.54, 1.807) is 55.5 Å². The van der Waals surface area contributed by atoms with Crippen LogP contribution in [0.5, 0.6) is 11.5 Å². The van der Waals surface area contributed by atoms with E-state index in [1.165, 1.54) is 4.31 Å². The molecule has 0 aromatic heterocycles. The maximum absolute atomic E-state index is 13.2. The number of rotatable bonds is 4. The van der Waals surface area contributed by atoms with E-state index in [9.17, 15) is 13.2 Å². The smallest absolute Gasteiger partial charge is 0.257 e. The highest BCUT2D eigenvalue weighted by atomic mass is 32.2. The summed E-state index contributed by atoms with van der Waals surface area (Å²) in [6.07, 6.45) is -0.473. The molecule has 33 heavy (non-hydrogen) atoms. The van der Waals surface area contributed by atoms with Gasteiger partial charge in [-0.3, -0.25) is 4.79 Å². The Labute approximate surface area is 193 Å². The van der Waals surface area contributed by atoms with Crippen LogP contribution in [-0.2, 0) is 10.0 Å². The molecule has 7 nitrogen and oxygen atoms in total. The molecule has 1 saturated heterocycles. The monoisotopic (exact) mass is 464 g/mol. The Balaban J connectivity index is 1.48. The van der Waals surface area contributed by atoms with Crippen molar-refractivity contribution in [1.82, 2.24) is 9.21 Å². The van der Waals surface area contributed by atoms with E-state index < -0.39 is 16.1 Å². The van der Waals surface area contributed by atoms with Crippen LogP contribution in [0.2, 0.25) is 0 Å². The van der Waals surface area contributed by atoms with Crippen molar-refractivity contribution in [1.29, 1.82) is 0 Å². The van der Waals surface area contributed by atoms with Crippen LogP contribution in [0.25, 0.3) is 11.1 Å². The third-order valence-electron chi connectivity index (χ3n) is 6.30. The number of likely N-dealkylation sites (N-methyl/N-ethyl adjacent to an activating group) is 1. The van der Waals surface area contributed by atoms with Crippen molar-refractivity contribution in [3.05, 3.63) is 78.4 Å². The highest BCUT2D eigenvalue weighted by Gasteiger charge is 2.46. The number of carbonyl (C=O) groups is 1. The Morgan fingerprint density at radius 2 is 1.70 bits per heavy atom. The van der Waals surface area contributed by atoms with Crippen LogP contribution in [0.1, 0.15) is 10.4 Å². The van der Waals surface area contributed by atoms with Crippen molar-refractivity contribution in [2.45, 2.75) is 17.0 Å². The van der Waals surface area contributed by atoms with Gasteiger partial charge in [0.25, 0.3) is 5.91 Å². The highest BCUT2D eigenvalue weighted by molar-refractivity contribution is 7.89. The van der Waals surface area contributed by atoms with Crippen molar-refractivity contribution >= 4 is 15.9 Å². The number of hydrogen-bond donors (Lipinski definition) is 0. The molecule has 170 valence electrons. The fraction of sp³-hybridized carbons (Fsp3) is 0.240. The number of ether oxygens (including phenoxy) is 2. The van der Waals surface area contributed by atoms with Crippen LogP contribution in [0.4, 0.5) is 0 Å². The average Bonchev–Trinajstić information content (AvgIpc) is 3.24. The fourth-order valence-corrected chi connectivity index (χ4v) is 5.92. The summed E-state index contributed by atoms with van der Waals surface area (Å²) in [4.78, 5) is 15.0. The van der Waals surface area contributed by atoms with Crippen molar-refractivity contribution in [2.24, 2.45) is 0 Å². The number of fused-ring (bicyclic) bond motifs is 2. The summed E-state index contributed by atoms with van der Waals surface area (Å²) < 4.78 is 39.3. The van der Waals surface area contributed by atoms with E-state index in [0.29, 0.717) is 11.3 Å². The summed E-state index contributed by atoms with van der Waals surface area (Å²) in [6.45, 7) is 0.350. The lowest BCUT2D eigenvalue weighted by molar-refractivity contribution is 0.0683. The first-order valence-electron chi connectivity index (χ1n) is 10.7. The van der Waals surface area contributed by atoms with Crippen molar-refractivity contribution in [2.75, 3.05) is 27.2 Å². The molecule has 2 heterocycles. The average molecular weight is 465 g/mol. The summed E-state index contributed by atoms with van der Waals surface area (Å²) in [6, 6.07) is 21.1. The maximum atomic E-state index is 13.2. The van der Waals surface area contributed by atoms with E-state index in [-0.39, 0.29) is 29.9 Å². The molecule has 8 heteroatoms. The van der Waals surface area contributed by atoms with Gasteiger partial charge in [-0.15, -0.1) is 0 Å². The van der Waals surface area contributed by atoms with Gasteiger partial charge in [0.2, 0.25) is 10.0 Å². The quantitative estimate of drug-likeness (QED) is 0.592. The number of hydrogen-bond acceptors (Lipinski definition) is 5. The Hall–Kier alpha value is -3.36. The number of carbonyl (C=O) groups excluding carboxylic acids is 1. The molecule has 0 radical (unpaired) electrons. The minimum Gasteiger partial charge on any atom is -0.497 e. The first-order chi connectivity index (χ1) is 15.9. The molecule has 5 rings (SSSR count). The van der Waals surface area contributed by atoms with Crippen LogP contribution in [0.3, 0.4) is 0 Å². The lowest BCUT2D eigenvalue weighted by atomic mass is 10.0. The summed E-state index contributed by atoms with van der Waals surface area (Å²) in [5.74, 6) is 1.00. The standard InChI is InChI=1S/C25H24N2O5S/c1-26-22-15-27(33(29,30)20-9-4-3-5-10-20)16-24(22)32-23-14-18(11-12-21(23)25(26)28)17-7-6-8-19(13-17)31-2/h3-14,22,24H,15-16H2,1-2H3/t22-,24+/m1/s1. The number of amides is 1. The number of nitrogens with zero attached hydrogens (tertiary/aromatic N) is 2. The van der Waals surface area contributed by atoms with Gasteiger partial charge in [0.15, 0.2) is 0 Å². The number of methoxy groups -OCH3 is 1. The van der Waals surface area contributed by atoms with Gasteiger partial charge in [-0.25, -0.2) is 8.42 Å². The molecule has 0 spiro atoms. The SMILES string of the molecule is COc1cccc(-c2ccc3c(c2)O[C@H]2CN(S(=O)(=O)c4ccccc4)C[C@H]2N(C)C3=O)c1. The maximum Gasteiger partial charge on any atom is 0.257 e. The second kappa shape index (κ2) is 8.20. The number of sulfonamides is 1. The van der Waals surface area contributed by atoms with Crippen LogP contribution in [0, 0.1) is 0 Å². The molecule has 1 amide bonds. The Bertz CT molecular complexity index is 1310. The summed E-state index contributed by atoms with van der Waals surface area (Å²) in [5, 5.41) is 0. The van der Waals surface area contributed by atoms with Crippen molar-refractivity contribution in [3.63, 3.8) is 0 Å². The largest absolute Gasteiger partial charge is 0.497 e. The van der Waals surface area contributed by atoms with Gasteiger partial charge in [-0.2, -0.15) is 4.31 Å². The molecule has 0 unspecified atom stereocenters. The van der Waals surface area contributed by atoms with Gasteiger partial charge >= 0.3 is 0 Å². The topological polar surface area (TPSA) is 76.2 Å². The molecule has 0 aliphatic carbocycles. The Morgan fingerprint density at radius 1 is 0.939 bits per heavy atom. The zero-order chi connectivity index (χ0) is 23.2. The van der Waals surface area contributed by atoms with Gasteiger partial charge in [0.05, 0.1) is 30.2 Å². The number of benzene rings is 3. The summed E-state index contributed by atoms with van der Waals surface area (Å²) >= 11 is 0. The first kappa shape index (κ1) is 21.5. The minimum atomic E-state index is -3.68. The van der Waals surface area contributed by atoms with Crippen LogP contribution in [0.15, 0.2) is 77.7 Å². The van der Waals surface area contributed by atoms with Crippen LogP contribution >= 0.6 is 0 Å². The fourth-order valence-electron chi connectivity index (χ4n) is 4.43. The Kier molecular flexibility index (Phi) is 5.34.